The summed E-state index contributed by atoms with van der Waals surface area (Å²) >= 11 is 0. The van der Waals surface area contributed by atoms with Gasteiger partial charge in [0.05, 0.1) is 0 Å². The third-order valence-corrected chi connectivity index (χ3v) is 1.93. The van der Waals surface area contributed by atoms with Crippen LogP contribution in [0.15, 0.2) is 36.4 Å². The van der Waals surface area contributed by atoms with Gasteiger partial charge >= 0.3 is 0 Å². The van der Waals surface area contributed by atoms with Crippen molar-refractivity contribution in [2.45, 2.75) is 19.8 Å². The van der Waals surface area contributed by atoms with Gasteiger partial charge in [-0.05, 0) is 25.5 Å². The summed E-state index contributed by atoms with van der Waals surface area (Å²) in [6.07, 6.45) is 1.06. The minimum atomic E-state index is -0.369. The molecule has 0 aliphatic rings. The standard InChI is InChI=1S/C12H13FO/c1-9(2)6-7-12(14)10-4-3-5-11(13)8-10/h3-5,8H,1,6-7H2,2H3. The van der Waals surface area contributed by atoms with E-state index < -0.39 is 0 Å². The van der Waals surface area contributed by atoms with E-state index in [4.69, 9.17) is 0 Å². The van der Waals surface area contributed by atoms with Gasteiger partial charge in [0, 0.05) is 12.0 Å². The quantitative estimate of drug-likeness (QED) is 0.528. The van der Waals surface area contributed by atoms with E-state index in [1.807, 2.05) is 6.92 Å². The van der Waals surface area contributed by atoms with Crippen molar-refractivity contribution < 1.29 is 9.18 Å². The molecule has 0 bridgehead atoms. The minimum Gasteiger partial charge on any atom is -0.294 e. The van der Waals surface area contributed by atoms with Gasteiger partial charge in [0.15, 0.2) is 5.78 Å². The molecule has 74 valence electrons. The van der Waals surface area contributed by atoms with Crippen molar-refractivity contribution in [1.82, 2.24) is 0 Å². The maximum absolute atomic E-state index is 12.8. The number of Topliss-reactive ketones (excluding diaryl/α,β-unsaturated/α-hetero) is 1. The second-order valence-electron chi connectivity index (χ2n) is 3.39. The molecule has 0 fully saturated rings. The third-order valence-electron chi connectivity index (χ3n) is 1.93. The van der Waals surface area contributed by atoms with E-state index in [-0.39, 0.29) is 11.6 Å². The molecule has 2 heteroatoms. The van der Waals surface area contributed by atoms with Crippen LogP contribution in [0.25, 0.3) is 0 Å². The fourth-order valence-corrected chi connectivity index (χ4v) is 1.13. The Labute approximate surface area is 83.3 Å². The predicted octanol–water partition coefficient (Wildman–Crippen LogP) is 3.36. The average Bonchev–Trinajstić information content (AvgIpc) is 2.14. The maximum Gasteiger partial charge on any atom is 0.163 e. The van der Waals surface area contributed by atoms with E-state index in [2.05, 4.69) is 6.58 Å². The van der Waals surface area contributed by atoms with Gasteiger partial charge in [0.2, 0.25) is 0 Å². The van der Waals surface area contributed by atoms with Crippen LogP contribution in [0.1, 0.15) is 30.1 Å². The molecule has 0 radical (unpaired) electrons. The first kappa shape index (κ1) is 10.6. The Morgan fingerprint density at radius 3 is 2.71 bits per heavy atom. The molecule has 0 heterocycles. The molecule has 0 aliphatic heterocycles. The summed E-state index contributed by atoms with van der Waals surface area (Å²) in [5, 5.41) is 0. The highest BCUT2D eigenvalue weighted by Gasteiger charge is 2.05. The van der Waals surface area contributed by atoms with Crippen molar-refractivity contribution in [3.05, 3.63) is 47.8 Å². The van der Waals surface area contributed by atoms with Gasteiger partial charge in [-0.15, -0.1) is 6.58 Å². The summed E-state index contributed by atoms with van der Waals surface area (Å²) in [5.74, 6) is -0.404. The number of hydrogen-bond acceptors (Lipinski definition) is 1. The zero-order chi connectivity index (χ0) is 10.6. The van der Waals surface area contributed by atoms with Crippen molar-refractivity contribution in [3.8, 4) is 0 Å². The molecule has 1 nitrogen and oxygen atoms in total. The predicted molar refractivity (Wildman–Crippen MR) is 54.8 cm³/mol. The lowest BCUT2D eigenvalue weighted by atomic mass is 10.0. The molecule has 0 saturated carbocycles. The molecule has 0 N–H and O–H groups in total. The molecule has 0 atom stereocenters. The van der Waals surface area contributed by atoms with Gasteiger partial charge in [0.1, 0.15) is 5.82 Å². The zero-order valence-corrected chi connectivity index (χ0v) is 8.22. The molecule has 1 rings (SSSR count). The molecule has 0 spiro atoms. The second kappa shape index (κ2) is 4.70. The summed E-state index contributed by atoms with van der Waals surface area (Å²) in [4.78, 5) is 11.5. The van der Waals surface area contributed by atoms with Crippen LogP contribution in [0, 0.1) is 5.82 Å². The van der Waals surface area contributed by atoms with Crippen molar-refractivity contribution in [2.24, 2.45) is 0 Å². The van der Waals surface area contributed by atoms with Crippen LogP contribution < -0.4 is 0 Å². The van der Waals surface area contributed by atoms with E-state index in [1.54, 1.807) is 12.1 Å². The first-order chi connectivity index (χ1) is 6.59. The Hall–Kier alpha value is -1.44. The largest absolute Gasteiger partial charge is 0.294 e. The summed E-state index contributed by atoms with van der Waals surface area (Å²) < 4.78 is 12.8. The highest BCUT2D eigenvalue weighted by molar-refractivity contribution is 5.96. The molecule has 0 amide bonds. The number of carbonyl (C=O) groups excluding carboxylic acids is 1. The number of hydrogen-bond donors (Lipinski definition) is 0. The normalized spacial score (nSPS) is 9.86. The summed E-state index contributed by atoms with van der Waals surface area (Å²) in [7, 11) is 0. The van der Waals surface area contributed by atoms with Crippen LogP contribution in [0.2, 0.25) is 0 Å². The van der Waals surface area contributed by atoms with E-state index in [9.17, 15) is 9.18 Å². The molecular weight excluding hydrogens is 179 g/mol. The van der Waals surface area contributed by atoms with E-state index >= 15 is 0 Å². The first-order valence-electron chi connectivity index (χ1n) is 4.53. The molecule has 0 unspecified atom stereocenters. The van der Waals surface area contributed by atoms with Crippen molar-refractivity contribution >= 4 is 5.78 Å². The smallest absolute Gasteiger partial charge is 0.163 e. The fraction of sp³-hybridized carbons (Fsp3) is 0.250. The lowest BCUT2D eigenvalue weighted by Gasteiger charge is -2.00. The van der Waals surface area contributed by atoms with Gasteiger partial charge < -0.3 is 0 Å². The van der Waals surface area contributed by atoms with Gasteiger partial charge in [-0.1, -0.05) is 17.7 Å². The molecule has 0 saturated heterocycles. The van der Waals surface area contributed by atoms with Crippen LogP contribution in [0.4, 0.5) is 4.39 Å². The number of halogens is 1. The molecule has 14 heavy (non-hydrogen) atoms. The van der Waals surface area contributed by atoms with Crippen molar-refractivity contribution in [3.63, 3.8) is 0 Å². The Morgan fingerprint density at radius 1 is 1.43 bits per heavy atom. The van der Waals surface area contributed by atoms with Crippen LogP contribution in [-0.2, 0) is 0 Å². The number of benzene rings is 1. The van der Waals surface area contributed by atoms with Gasteiger partial charge in [-0.3, -0.25) is 4.79 Å². The maximum atomic E-state index is 12.8. The van der Waals surface area contributed by atoms with Crippen LogP contribution in [0.3, 0.4) is 0 Å². The van der Waals surface area contributed by atoms with Crippen LogP contribution in [-0.4, -0.2) is 5.78 Å². The Kier molecular flexibility index (Phi) is 3.57. The minimum absolute atomic E-state index is 0.0347. The Morgan fingerprint density at radius 2 is 2.14 bits per heavy atom. The fourth-order valence-electron chi connectivity index (χ4n) is 1.13. The van der Waals surface area contributed by atoms with Gasteiger partial charge in [0.25, 0.3) is 0 Å². The number of rotatable bonds is 4. The molecule has 0 aromatic heterocycles. The number of allylic oxidation sites excluding steroid dienone is 1. The number of carbonyl (C=O) groups is 1. The molecule has 1 aromatic rings. The molecule has 1 aromatic carbocycles. The summed E-state index contributed by atoms with van der Waals surface area (Å²) in [6, 6.07) is 5.77. The van der Waals surface area contributed by atoms with Crippen molar-refractivity contribution in [1.29, 1.82) is 0 Å². The highest BCUT2D eigenvalue weighted by Crippen LogP contribution is 2.10. The highest BCUT2D eigenvalue weighted by atomic mass is 19.1. The monoisotopic (exact) mass is 192 g/mol. The van der Waals surface area contributed by atoms with Crippen LogP contribution in [0.5, 0.6) is 0 Å². The van der Waals surface area contributed by atoms with E-state index in [0.29, 0.717) is 18.4 Å². The molecular formula is C12H13FO. The average molecular weight is 192 g/mol. The Bertz CT molecular complexity index is 355. The van der Waals surface area contributed by atoms with Crippen LogP contribution >= 0.6 is 0 Å². The lowest BCUT2D eigenvalue weighted by molar-refractivity contribution is 0.0982. The zero-order valence-electron chi connectivity index (χ0n) is 8.22. The summed E-state index contributed by atoms with van der Waals surface area (Å²) in [5.41, 5.74) is 1.40. The van der Waals surface area contributed by atoms with Gasteiger partial charge in [-0.25, -0.2) is 4.39 Å². The van der Waals surface area contributed by atoms with Crippen molar-refractivity contribution in [2.75, 3.05) is 0 Å². The Balaban J connectivity index is 2.65. The second-order valence-corrected chi connectivity index (χ2v) is 3.39. The molecule has 0 aliphatic carbocycles. The summed E-state index contributed by atoms with van der Waals surface area (Å²) in [6.45, 7) is 5.59. The third kappa shape index (κ3) is 3.13. The lowest BCUT2D eigenvalue weighted by Crippen LogP contribution is -1.99. The van der Waals surface area contributed by atoms with E-state index in [1.165, 1.54) is 12.1 Å². The number of ketones is 1. The SMILES string of the molecule is C=C(C)CCC(=O)c1cccc(F)c1. The van der Waals surface area contributed by atoms with Gasteiger partial charge in [-0.2, -0.15) is 0 Å². The first-order valence-corrected chi connectivity index (χ1v) is 4.53. The van der Waals surface area contributed by atoms with E-state index in [0.717, 1.165) is 5.57 Å². The topological polar surface area (TPSA) is 17.1 Å².